The predicted molar refractivity (Wildman–Crippen MR) is 109 cm³/mol. The molecule has 3 rings (SSSR count). The summed E-state index contributed by atoms with van der Waals surface area (Å²) in [6.45, 7) is 9.96. The molecule has 0 aromatic heterocycles. The molecule has 25 heavy (non-hydrogen) atoms. The number of nitrogens with one attached hydrogen (secondary N) is 3. The zero-order chi connectivity index (χ0) is 17.9. The minimum absolute atomic E-state index is 0.243. The molecule has 3 N–H and O–H groups in total. The number of hydrogen-bond acceptors (Lipinski definition) is 3. The molecule has 132 valence electrons. The Morgan fingerprint density at radius 3 is 2.68 bits per heavy atom. The Balaban J connectivity index is 2.00. The molecule has 4 nitrogen and oxygen atoms in total. The fourth-order valence-electron chi connectivity index (χ4n) is 3.27. The highest BCUT2D eigenvalue weighted by Crippen LogP contribution is 2.41. The molecule has 0 bridgehead atoms. The number of amidine groups is 1. The highest BCUT2D eigenvalue weighted by molar-refractivity contribution is 6.38. The maximum Gasteiger partial charge on any atom is 0.127 e. The van der Waals surface area contributed by atoms with Gasteiger partial charge >= 0.3 is 0 Å². The molecule has 6 heteroatoms. The van der Waals surface area contributed by atoms with E-state index >= 15 is 0 Å². The lowest BCUT2D eigenvalue weighted by Crippen LogP contribution is -2.58. The summed E-state index contributed by atoms with van der Waals surface area (Å²) >= 11 is 12.6. The SMILES string of the molecule is C=C/C=C(\C=C)CN=C1Nc2c(Cl)cc(Cl)cc2NC12CCNCC2. The van der Waals surface area contributed by atoms with E-state index in [4.69, 9.17) is 28.2 Å². The zero-order valence-electron chi connectivity index (χ0n) is 14.0. The van der Waals surface area contributed by atoms with Crippen LogP contribution < -0.4 is 16.0 Å². The van der Waals surface area contributed by atoms with Gasteiger partial charge in [0.05, 0.1) is 28.5 Å². The molecule has 0 unspecified atom stereocenters. The third-order valence-electron chi connectivity index (χ3n) is 4.60. The molecule has 0 aliphatic carbocycles. The highest BCUT2D eigenvalue weighted by Gasteiger charge is 2.41. The molecule has 0 atom stereocenters. The Bertz CT molecular complexity index is 746. The Morgan fingerprint density at radius 1 is 1.24 bits per heavy atom. The van der Waals surface area contributed by atoms with Gasteiger partial charge in [-0.3, -0.25) is 4.99 Å². The van der Waals surface area contributed by atoms with E-state index in [0.29, 0.717) is 16.6 Å². The van der Waals surface area contributed by atoms with E-state index in [1.807, 2.05) is 12.1 Å². The first kappa shape index (κ1) is 18.1. The first-order chi connectivity index (χ1) is 12.1. The first-order valence-electron chi connectivity index (χ1n) is 8.32. The number of nitrogens with zero attached hydrogens (tertiary/aromatic N) is 1. The quantitative estimate of drug-likeness (QED) is 0.670. The number of piperidine rings is 1. The van der Waals surface area contributed by atoms with Crippen LogP contribution in [0.25, 0.3) is 0 Å². The van der Waals surface area contributed by atoms with Gasteiger partial charge in [0.15, 0.2) is 0 Å². The molecule has 2 aliphatic heterocycles. The van der Waals surface area contributed by atoms with Gasteiger partial charge in [0.2, 0.25) is 0 Å². The molecule has 1 aromatic rings. The molecule has 0 amide bonds. The van der Waals surface area contributed by atoms with E-state index in [9.17, 15) is 0 Å². The zero-order valence-corrected chi connectivity index (χ0v) is 15.6. The average molecular weight is 377 g/mol. The summed E-state index contributed by atoms with van der Waals surface area (Å²) in [5.41, 5.74) is 2.51. The van der Waals surface area contributed by atoms with Crippen LogP contribution >= 0.6 is 23.2 Å². The van der Waals surface area contributed by atoms with Crippen LogP contribution in [0.1, 0.15) is 12.8 Å². The maximum absolute atomic E-state index is 6.38. The van der Waals surface area contributed by atoms with Crippen molar-refractivity contribution in [2.45, 2.75) is 18.4 Å². The van der Waals surface area contributed by atoms with Crippen molar-refractivity contribution in [2.24, 2.45) is 4.99 Å². The van der Waals surface area contributed by atoms with Gasteiger partial charge in [0.25, 0.3) is 0 Å². The summed E-state index contributed by atoms with van der Waals surface area (Å²) < 4.78 is 0. The van der Waals surface area contributed by atoms with E-state index < -0.39 is 0 Å². The number of halogens is 2. The number of anilines is 2. The smallest absolute Gasteiger partial charge is 0.127 e. The number of benzene rings is 1. The van der Waals surface area contributed by atoms with E-state index in [0.717, 1.165) is 48.7 Å². The van der Waals surface area contributed by atoms with Gasteiger partial charge in [-0.1, -0.05) is 54.6 Å². The molecule has 2 heterocycles. The van der Waals surface area contributed by atoms with Gasteiger partial charge in [0.1, 0.15) is 5.84 Å². The summed E-state index contributed by atoms with van der Waals surface area (Å²) in [5, 5.41) is 11.7. The van der Waals surface area contributed by atoms with Crippen molar-refractivity contribution < 1.29 is 0 Å². The fourth-order valence-corrected chi connectivity index (χ4v) is 3.81. The number of hydrogen-bond donors (Lipinski definition) is 3. The monoisotopic (exact) mass is 376 g/mol. The third-order valence-corrected chi connectivity index (χ3v) is 5.11. The third kappa shape index (κ3) is 3.76. The van der Waals surface area contributed by atoms with Gasteiger partial charge in [-0.15, -0.1) is 0 Å². The lowest BCUT2D eigenvalue weighted by molar-refractivity contribution is 0.419. The second-order valence-electron chi connectivity index (χ2n) is 6.24. The molecular formula is C19H22Cl2N4. The largest absolute Gasteiger partial charge is 0.371 e. The molecule has 0 radical (unpaired) electrons. The summed E-state index contributed by atoms with van der Waals surface area (Å²) in [7, 11) is 0. The Morgan fingerprint density at radius 2 is 2.00 bits per heavy atom. The maximum atomic E-state index is 6.38. The number of allylic oxidation sites excluding steroid dienone is 2. The number of aliphatic imine (C=N–C) groups is 1. The molecule has 1 aromatic carbocycles. The van der Waals surface area contributed by atoms with Crippen LogP contribution in [0, 0.1) is 0 Å². The second-order valence-corrected chi connectivity index (χ2v) is 7.08. The molecule has 2 aliphatic rings. The number of fused-ring (bicyclic) bond motifs is 1. The Kier molecular flexibility index (Phi) is 5.52. The molecule has 1 fully saturated rings. The van der Waals surface area contributed by atoms with Crippen LogP contribution in [0.4, 0.5) is 11.4 Å². The van der Waals surface area contributed by atoms with Gasteiger partial charge in [-0.05, 0) is 43.6 Å². The van der Waals surface area contributed by atoms with E-state index in [-0.39, 0.29) is 5.54 Å². The van der Waals surface area contributed by atoms with E-state index in [1.165, 1.54) is 0 Å². The minimum Gasteiger partial charge on any atom is -0.371 e. The number of rotatable bonds is 4. The van der Waals surface area contributed by atoms with Gasteiger partial charge < -0.3 is 16.0 Å². The Hall–Kier alpha value is -1.75. The molecule has 1 saturated heterocycles. The van der Waals surface area contributed by atoms with Gasteiger partial charge in [0, 0.05) is 5.02 Å². The Labute approximate surface area is 158 Å². The highest BCUT2D eigenvalue weighted by atomic mass is 35.5. The van der Waals surface area contributed by atoms with Crippen molar-refractivity contribution in [2.75, 3.05) is 30.3 Å². The van der Waals surface area contributed by atoms with Crippen molar-refractivity contribution >= 4 is 40.4 Å². The first-order valence-corrected chi connectivity index (χ1v) is 9.07. The van der Waals surface area contributed by atoms with Crippen molar-refractivity contribution in [3.63, 3.8) is 0 Å². The van der Waals surface area contributed by atoms with Crippen LogP contribution in [-0.2, 0) is 0 Å². The molecular weight excluding hydrogens is 355 g/mol. The summed E-state index contributed by atoms with van der Waals surface area (Å²) in [6.07, 6.45) is 7.33. The summed E-state index contributed by atoms with van der Waals surface area (Å²) in [6, 6.07) is 3.64. The standard InChI is InChI=1S/C19H22Cl2N4/c1-3-5-13(4-2)12-23-18-19(6-8-22-9-7-19)25-16-11-14(20)10-15(21)17(16)24-18/h3-5,10-11,22,25H,1-2,6-9,12H2,(H,23,24)/b13-5+. The fraction of sp³-hybridized carbons (Fsp3) is 0.316. The minimum atomic E-state index is -0.243. The van der Waals surface area contributed by atoms with Crippen LogP contribution in [0.15, 0.2) is 54.1 Å². The lowest BCUT2D eigenvalue weighted by atomic mass is 9.84. The van der Waals surface area contributed by atoms with Crippen LogP contribution in [0.2, 0.25) is 10.0 Å². The van der Waals surface area contributed by atoms with Crippen molar-refractivity contribution in [3.05, 3.63) is 59.1 Å². The average Bonchev–Trinajstić information content (AvgIpc) is 2.59. The van der Waals surface area contributed by atoms with Crippen LogP contribution in [0.5, 0.6) is 0 Å². The van der Waals surface area contributed by atoms with Gasteiger partial charge in [-0.25, -0.2) is 0 Å². The normalized spacial score (nSPS) is 20.6. The van der Waals surface area contributed by atoms with Crippen LogP contribution in [0.3, 0.4) is 0 Å². The van der Waals surface area contributed by atoms with Gasteiger partial charge in [-0.2, -0.15) is 0 Å². The second kappa shape index (κ2) is 7.65. The topological polar surface area (TPSA) is 48.5 Å². The summed E-state index contributed by atoms with van der Waals surface area (Å²) in [4.78, 5) is 4.85. The van der Waals surface area contributed by atoms with Crippen LogP contribution in [-0.4, -0.2) is 31.0 Å². The van der Waals surface area contributed by atoms with Crippen molar-refractivity contribution in [3.8, 4) is 0 Å². The molecule has 1 spiro atoms. The lowest BCUT2D eigenvalue weighted by Gasteiger charge is -2.44. The van der Waals surface area contributed by atoms with Crippen molar-refractivity contribution in [1.82, 2.24) is 5.32 Å². The van der Waals surface area contributed by atoms with E-state index in [1.54, 1.807) is 18.2 Å². The summed E-state index contributed by atoms with van der Waals surface area (Å²) in [5.74, 6) is 0.905. The van der Waals surface area contributed by atoms with E-state index in [2.05, 4.69) is 29.1 Å². The predicted octanol–water partition coefficient (Wildman–Crippen LogP) is 4.65. The molecule has 0 saturated carbocycles. The van der Waals surface area contributed by atoms with Crippen molar-refractivity contribution in [1.29, 1.82) is 0 Å².